The number of anilines is 1. The zero-order valence-corrected chi connectivity index (χ0v) is 19.4. The fourth-order valence-electron chi connectivity index (χ4n) is 3.36. The van der Waals surface area contributed by atoms with Crippen molar-refractivity contribution in [1.82, 2.24) is 9.97 Å². The van der Waals surface area contributed by atoms with Gasteiger partial charge in [0, 0.05) is 16.6 Å². The smallest absolute Gasteiger partial charge is 0.234 e. The van der Waals surface area contributed by atoms with E-state index in [1.54, 1.807) is 24.3 Å². The first-order valence-electron chi connectivity index (χ1n) is 10.4. The first-order valence-corrected chi connectivity index (χ1v) is 12.3. The summed E-state index contributed by atoms with van der Waals surface area (Å²) in [6.45, 7) is 0. The quantitative estimate of drug-likeness (QED) is 0.197. The number of fused-ring (bicyclic) bond motifs is 1. The van der Waals surface area contributed by atoms with Crippen LogP contribution in [-0.2, 0) is 4.79 Å². The highest BCUT2D eigenvalue weighted by Crippen LogP contribution is 2.37. The van der Waals surface area contributed by atoms with E-state index >= 15 is 0 Å². The lowest BCUT2D eigenvalue weighted by atomic mass is 10.1. The molecule has 0 aliphatic heterocycles. The van der Waals surface area contributed by atoms with Gasteiger partial charge < -0.3 is 10.1 Å². The van der Waals surface area contributed by atoms with Gasteiger partial charge in [-0.05, 0) is 54.1 Å². The molecule has 5 nitrogen and oxygen atoms in total. The van der Waals surface area contributed by atoms with E-state index in [4.69, 9.17) is 4.74 Å². The van der Waals surface area contributed by atoms with Crippen LogP contribution in [0.1, 0.15) is 0 Å². The van der Waals surface area contributed by atoms with Crippen molar-refractivity contribution in [3.8, 4) is 22.6 Å². The van der Waals surface area contributed by atoms with Crippen LogP contribution in [0.15, 0.2) is 95.6 Å². The molecule has 1 N–H and O–H groups in total. The van der Waals surface area contributed by atoms with E-state index in [1.807, 2.05) is 47.8 Å². The van der Waals surface area contributed by atoms with Gasteiger partial charge in [0.1, 0.15) is 33.5 Å². The topological polar surface area (TPSA) is 64.1 Å². The third kappa shape index (κ3) is 5.08. The summed E-state index contributed by atoms with van der Waals surface area (Å²) in [5.74, 6) is 1.19. The molecule has 2 heterocycles. The second-order valence-electron chi connectivity index (χ2n) is 7.29. The standard InChI is InChI=1S/C26H18FN3O2S2/c27-18-8-6-17(7-9-18)22-14-33-25-24(22)26(29-16-28-25)34-15-23(31)30-19-10-12-21(13-11-19)32-20-4-2-1-3-5-20/h1-14,16H,15H2,(H,30,31). The van der Waals surface area contributed by atoms with Gasteiger partial charge in [-0.2, -0.15) is 0 Å². The van der Waals surface area contributed by atoms with E-state index < -0.39 is 0 Å². The minimum Gasteiger partial charge on any atom is -0.457 e. The van der Waals surface area contributed by atoms with Gasteiger partial charge in [-0.1, -0.05) is 42.1 Å². The molecule has 0 aliphatic rings. The third-order valence-corrected chi connectivity index (χ3v) is 6.82. The highest BCUT2D eigenvalue weighted by molar-refractivity contribution is 8.00. The monoisotopic (exact) mass is 487 g/mol. The Balaban J connectivity index is 1.25. The van der Waals surface area contributed by atoms with Crippen LogP contribution < -0.4 is 10.1 Å². The lowest BCUT2D eigenvalue weighted by Crippen LogP contribution is -2.14. The van der Waals surface area contributed by atoms with Crippen LogP contribution in [0.2, 0.25) is 0 Å². The molecule has 0 saturated carbocycles. The number of nitrogens with zero attached hydrogens (tertiary/aromatic N) is 2. The molecule has 3 aromatic carbocycles. The number of halogens is 1. The molecule has 0 bridgehead atoms. The molecule has 0 spiro atoms. The Bertz CT molecular complexity index is 1420. The summed E-state index contributed by atoms with van der Waals surface area (Å²) >= 11 is 2.84. The fourth-order valence-corrected chi connectivity index (χ4v) is 5.15. The van der Waals surface area contributed by atoms with Crippen molar-refractivity contribution in [2.24, 2.45) is 0 Å². The number of hydrogen-bond donors (Lipinski definition) is 1. The number of thioether (sulfide) groups is 1. The van der Waals surface area contributed by atoms with E-state index in [2.05, 4.69) is 15.3 Å². The van der Waals surface area contributed by atoms with Gasteiger partial charge in [0.05, 0.1) is 11.1 Å². The molecule has 0 aliphatic carbocycles. The Morgan fingerprint density at radius 3 is 2.44 bits per heavy atom. The molecule has 2 aromatic heterocycles. The number of rotatable bonds is 7. The van der Waals surface area contributed by atoms with E-state index in [1.165, 1.54) is 41.6 Å². The van der Waals surface area contributed by atoms with Crippen molar-refractivity contribution in [1.29, 1.82) is 0 Å². The van der Waals surface area contributed by atoms with Gasteiger partial charge >= 0.3 is 0 Å². The van der Waals surface area contributed by atoms with Gasteiger partial charge in [0.25, 0.3) is 0 Å². The number of aromatic nitrogens is 2. The predicted molar refractivity (Wildman–Crippen MR) is 135 cm³/mol. The summed E-state index contributed by atoms with van der Waals surface area (Å²) in [4.78, 5) is 22.2. The Morgan fingerprint density at radius 2 is 1.68 bits per heavy atom. The maximum absolute atomic E-state index is 13.4. The van der Waals surface area contributed by atoms with Crippen LogP contribution in [0, 0.1) is 5.82 Å². The number of amides is 1. The molecule has 0 saturated heterocycles. The second kappa shape index (κ2) is 10.0. The number of carbonyl (C=O) groups is 1. The zero-order valence-electron chi connectivity index (χ0n) is 17.8. The number of hydrogen-bond acceptors (Lipinski definition) is 6. The number of para-hydroxylation sites is 1. The Morgan fingerprint density at radius 1 is 0.941 bits per heavy atom. The van der Waals surface area contributed by atoms with Crippen molar-refractivity contribution in [2.75, 3.05) is 11.1 Å². The predicted octanol–water partition coefficient (Wildman–Crippen LogP) is 7.02. The van der Waals surface area contributed by atoms with Gasteiger partial charge in [-0.3, -0.25) is 4.79 Å². The maximum Gasteiger partial charge on any atom is 0.234 e. The highest BCUT2D eigenvalue weighted by atomic mass is 32.2. The fraction of sp³-hybridized carbons (Fsp3) is 0.0385. The van der Waals surface area contributed by atoms with Crippen LogP contribution in [0.3, 0.4) is 0 Å². The Kier molecular flexibility index (Phi) is 6.51. The van der Waals surface area contributed by atoms with Gasteiger partial charge in [0.2, 0.25) is 5.91 Å². The minimum atomic E-state index is -0.287. The van der Waals surface area contributed by atoms with E-state index in [0.717, 1.165) is 27.1 Å². The third-order valence-electron chi connectivity index (χ3n) is 4.95. The number of benzene rings is 3. The van der Waals surface area contributed by atoms with Crippen LogP contribution in [0.25, 0.3) is 21.3 Å². The lowest BCUT2D eigenvalue weighted by Gasteiger charge is -2.08. The van der Waals surface area contributed by atoms with Crippen molar-refractivity contribution < 1.29 is 13.9 Å². The molecule has 1 amide bonds. The van der Waals surface area contributed by atoms with Crippen molar-refractivity contribution in [2.45, 2.75) is 5.03 Å². The summed E-state index contributed by atoms with van der Waals surface area (Å²) < 4.78 is 19.1. The van der Waals surface area contributed by atoms with Crippen molar-refractivity contribution in [3.63, 3.8) is 0 Å². The minimum absolute atomic E-state index is 0.146. The molecule has 0 atom stereocenters. The summed E-state index contributed by atoms with van der Waals surface area (Å²) in [6.07, 6.45) is 1.50. The summed E-state index contributed by atoms with van der Waals surface area (Å²) in [5.41, 5.74) is 2.49. The molecule has 0 fully saturated rings. The van der Waals surface area contributed by atoms with Crippen LogP contribution in [-0.4, -0.2) is 21.6 Å². The average Bonchev–Trinajstić information content (AvgIpc) is 3.30. The van der Waals surface area contributed by atoms with E-state index in [9.17, 15) is 9.18 Å². The number of nitrogens with one attached hydrogen (secondary N) is 1. The molecule has 0 unspecified atom stereocenters. The van der Waals surface area contributed by atoms with Crippen LogP contribution in [0.4, 0.5) is 10.1 Å². The summed E-state index contributed by atoms with van der Waals surface area (Å²) in [5, 5.41) is 6.47. The van der Waals surface area contributed by atoms with E-state index in [0.29, 0.717) is 16.5 Å². The average molecular weight is 488 g/mol. The Hall–Kier alpha value is -3.75. The number of carbonyl (C=O) groups excluding carboxylic acids is 1. The number of ether oxygens (including phenoxy) is 1. The van der Waals surface area contributed by atoms with Crippen molar-refractivity contribution in [3.05, 3.63) is 96.4 Å². The van der Waals surface area contributed by atoms with Crippen LogP contribution in [0.5, 0.6) is 11.5 Å². The molecule has 0 radical (unpaired) electrons. The molecule has 5 aromatic rings. The Labute approximate surface area is 203 Å². The molecular weight excluding hydrogens is 469 g/mol. The first-order chi connectivity index (χ1) is 16.7. The van der Waals surface area contributed by atoms with E-state index in [-0.39, 0.29) is 17.5 Å². The van der Waals surface area contributed by atoms with Gasteiger partial charge in [-0.15, -0.1) is 11.3 Å². The molecule has 8 heteroatoms. The summed E-state index contributed by atoms with van der Waals surface area (Å²) in [7, 11) is 0. The molecular formula is C26H18FN3O2S2. The second-order valence-corrected chi connectivity index (χ2v) is 9.11. The lowest BCUT2D eigenvalue weighted by molar-refractivity contribution is -0.113. The van der Waals surface area contributed by atoms with Gasteiger partial charge in [-0.25, -0.2) is 14.4 Å². The van der Waals surface area contributed by atoms with Crippen molar-refractivity contribution >= 4 is 44.9 Å². The molecule has 168 valence electrons. The first kappa shape index (κ1) is 22.1. The SMILES string of the molecule is O=C(CSc1ncnc2scc(-c3ccc(F)cc3)c12)Nc1ccc(Oc2ccccc2)cc1. The largest absolute Gasteiger partial charge is 0.457 e. The maximum atomic E-state index is 13.4. The summed E-state index contributed by atoms with van der Waals surface area (Å²) in [6, 6.07) is 23.1. The van der Waals surface area contributed by atoms with Gasteiger partial charge in [0.15, 0.2) is 0 Å². The molecule has 34 heavy (non-hydrogen) atoms. The number of thiophene rings is 1. The normalized spacial score (nSPS) is 10.9. The highest BCUT2D eigenvalue weighted by Gasteiger charge is 2.15. The molecule has 5 rings (SSSR count). The van der Waals surface area contributed by atoms with Crippen LogP contribution >= 0.6 is 23.1 Å². The zero-order chi connectivity index (χ0) is 23.3.